The smallest absolute Gasteiger partial charge is 0.308 e. The molecule has 5 rings (SSSR count). The molecular formula is C26H19N5O. The number of fused-ring (bicyclic) bond motifs is 1. The number of nitrogens with one attached hydrogen (secondary N) is 2. The molecule has 0 aliphatic heterocycles. The summed E-state index contributed by atoms with van der Waals surface area (Å²) in [6, 6.07) is 23.0. The number of urea groups is 1. The Labute approximate surface area is 185 Å². The van der Waals surface area contributed by atoms with Crippen molar-refractivity contribution in [2.45, 2.75) is 0 Å². The van der Waals surface area contributed by atoms with Crippen molar-refractivity contribution in [1.29, 1.82) is 0 Å². The Balaban J connectivity index is 1.45. The van der Waals surface area contributed by atoms with E-state index in [2.05, 4.69) is 31.7 Å². The molecule has 2 amide bonds. The number of carbonyl (C=O) groups excluding carboxylic acids is 1. The molecule has 6 nitrogen and oxygen atoms in total. The van der Waals surface area contributed by atoms with E-state index in [1.807, 2.05) is 72.9 Å². The van der Waals surface area contributed by atoms with Gasteiger partial charge in [-0.1, -0.05) is 24.3 Å². The van der Waals surface area contributed by atoms with Crippen molar-refractivity contribution in [3.8, 4) is 22.3 Å². The maximum absolute atomic E-state index is 12.3. The normalized spacial score (nSPS) is 10.6. The van der Waals surface area contributed by atoms with E-state index in [0.717, 1.165) is 38.8 Å². The Morgan fingerprint density at radius 2 is 1.47 bits per heavy atom. The number of benzene rings is 2. The molecule has 2 N–H and O–H groups in total. The van der Waals surface area contributed by atoms with Crippen LogP contribution in [0.25, 0.3) is 33.2 Å². The van der Waals surface area contributed by atoms with Crippen molar-refractivity contribution in [3.05, 3.63) is 104 Å². The van der Waals surface area contributed by atoms with Crippen LogP contribution in [0.2, 0.25) is 0 Å². The second-order valence-corrected chi connectivity index (χ2v) is 7.23. The van der Waals surface area contributed by atoms with Crippen LogP contribution in [0.15, 0.2) is 104 Å². The van der Waals surface area contributed by atoms with Gasteiger partial charge in [0.2, 0.25) is 0 Å². The molecular weight excluding hydrogens is 398 g/mol. The molecule has 6 heteroatoms. The molecule has 0 atom stereocenters. The van der Waals surface area contributed by atoms with Crippen LogP contribution >= 0.6 is 0 Å². The Morgan fingerprint density at radius 3 is 2.31 bits per heavy atom. The van der Waals surface area contributed by atoms with E-state index in [4.69, 9.17) is 0 Å². The van der Waals surface area contributed by atoms with Crippen LogP contribution in [0, 0.1) is 0 Å². The molecule has 3 heterocycles. The highest BCUT2D eigenvalue weighted by Crippen LogP contribution is 2.31. The predicted octanol–water partition coefficient (Wildman–Crippen LogP) is 6.00. The molecule has 3 aromatic heterocycles. The topological polar surface area (TPSA) is 79.8 Å². The highest BCUT2D eigenvalue weighted by Gasteiger charge is 2.09. The van der Waals surface area contributed by atoms with Gasteiger partial charge < -0.3 is 10.6 Å². The van der Waals surface area contributed by atoms with Crippen LogP contribution in [-0.4, -0.2) is 21.0 Å². The molecule has 5 aromatic rings. The quantitative estimate of drug-likeness (QED) is 0.376. The number of carbonyl (C=O) groups is 1. The number of anilines is 2. The molecule has 0 saturated heterocycles. The third-order valence-electron chi connectivity index (χ3n) is 5.09. The molecule has 154 valence electrons. The molecule has 0 spiro atoms. The van der Waals surface area contributed by atoms with Gasteiger partial charge in [0, 0.05) is 41.4 Å². The lowest BCUT2D eigenvalue weighted by Gasteiger charge is -2.10. The summed E-state index contributed by atoms with van der Waals surface area (Å²) in [7, 11) is 0. The van der Waals surface area contributed by atoms with Gasteiger partial charge in [0.25, 0.3) is 0 Å². The number of aromatic nitrogens is 3. The summed E-state index contributed by atoms with van der Waals surface area (Å²) in [5, 5.41) is 6.69. The number of pyridine rings is 3. The molecule has 32 heavy (non-hydrogen) atoms. The molecule has 0 radical (unpaired) electrons. The van der Waals surface area contributed by atoms with Crippen LogP contribution in [-0.2, 0) is 0 Å². The standard InChI is InChI=1S/C26H19N5O/c32-26(30-21-4-2-1-3-5-21)31-22-14-20(16-28-17-22)19-6-7-25-24(15-19)23(10-13-29-25)18-8-11-27-12-9-18/h1-17H,(H2,30,31,32). The van der Waals surface area contributed by atoms with E-state index in [0.29, 0.717) is 5.69 Å². The Morgan fingerprint density at radius 1 is 0.656 bits per heavy atom. The van der Waals surface area contributed by atoms with Gasteiger partial charge in [-0.05, 0) is 65.2 Å². The third-order valence-corrected chi connectivity index (χ3v) is 5.09. The van der Waals surface area contributed by atoms with Crippen molar-refractivity contribution < 1.29 is 4.79 Å². The number of nitrogens with zero attached hydrogens (tertiary/aromatic N) is 3. The van der Waals surface area contributed by atoms with E-state index >= 15 is 0 Å². The van der Waals surface area contributed by atoms with E-state index in [1.54, 1.807) is 24.8 Å². The molecule has 0 aliphatic rings. The van der Waals surface area contributed by atoms with Gasteiger partial charge in [-0.2, -0.15) is 0 Å². The lowest BCUT2D eigenvalue weighted by atomic mass is 9.98. The SMILES string of the molecule is O=C(Nc1ccccc1)Nc1cncc(-c2ccc3nccc(-c4ccncc4)c3c2)c1. The van der Waals surface area contributed by atoms with Crippen molar-refractivity contribution in [3.63, 3.8) is 0 Å². The fraction of sp³-hybridized carbons (Fsp3) is 0. The second kappa shape index (κ2) is 8.65. The second-order valence-electron chi connectivity index (χ2n) is 7.23. The fourth-order valence-corrected chi connectivity index (χ4v) is 3.59. The Bertz CT molecular complexity index is 1390. The largest absolute Gasteiger partial charge is 0.323 e. The summed E-state index contributed by atoms with van der Waals surface area (Å²) in [4.78, 5) is 25.3. The first-order valence-corrected chi connectivity index (χ1v) is 10.1. The first kappa shape index (κ1) is 19.4. The van der Waals surface area contributed by atoms with Gasteiger partial charge in [-0.25, -0.2) is 4.79 Å². The van der Waals surface area contributed by atoms with E-state index < -0.39 is 0 Å². The van der Waals surface area contributed by atoms with E-state index in [9.17, 15) is 4.79 Å². The number of amides is 2. The van der Waals surface area contributed by atoms with Gasteiger partial charge in [-0.3, -0.25) is 15.0 Å². The van der Waals surface area contributed by atoms with Gasteiger partial charge in [0.05, 0.1) is 17.4 Å². The minimum atomic E-state index is -0.321. The minimum absolute atomic E-state index is 0.321. The van der Waals surface area contributed by atoms with Crippen LogP contribution in [0.5, 0.6) is 0 Å². The van der Waals surface area contributed by atoms with Gasteiger partial charge in [0.15, 0.2) is 0 Å². The number of rotatable bonds is 4. The Kier molecular flexibility index (Phi) is 5.24. The first-order chi connectivity index (χ1) is 15.8. The molecule has 0 bridgehead atoms. The number of para-hydroxylation sites is 1. The average Bonchev–Trinajstić information content (AvgIpc) is 2.84. The summed E-state index contributed by atoms with van der Waals surface area (Å²) in [6.45, 7) is 0. The zero-order valence-corrected chi connectivity index (χ0v) is 17.1. The van der Waals surface area contributed by atoms with Gasteiger partial charge in [-0.15, -0.1) is 0 Å². The molecule has 0 saturated carbocycles. The van der Waals surface area contributed by atoms with Crippen LogP contribution < -0.4 is 10.6 Å². The molecule has 2 aromatic carbocycles. The van der Waals surface area contributed by atoms with Crippen molar-refractivity contribution >= 4 is 28.3 Å². The van der Waals surface area contributed by atoms with Gasteiger partial charge >= 0.3 is 6.03 Å². The van der Waals surface area contributed by atoms with Crippen molar-refractivity contribution in [1.82, 2.24) is 15.0 Å². The van der Waals surface area contributed by atoms with Crippen LogP contribution in [0.4, 0.5) is 16.2 Å². The zero-order valence-electron chi connectivity index (χ0n) is 17.1. The highest BCUT2D eigenvalue weighted by molar-refractivity contribution is 6.00. The summed E-state index contributed by atoms with van der Waals surface area (Å²) in [6.07, 6.45) is 8.79. The summed E-state index contributed by atoms with van der Waals surface area (Å²) >= 11 is 0. The van der Waals surface area contributed by atoms with Crippen molar-refractivity contribution in [2.75, 3.05) is 10.6 Å². The van der Waals surface area contributed by atoms with Gasteiger partial charge in [0.1, 0.15) is 0 Å². The van der Waals surface area contributed by atoms with Crippen molar-refractivity contribution in [2.24, 2.45) is 0 Å². The maximum atomic E-state index is 12.3. The van der Waals surface area contributed by atoms with E-state index in [1.165, 1.54) is 0 Å². The fourth-order valence-electron chi connectivity index (χ4n) is 3.59. The predicted molar refractivity (Wildman–Crippen MR) is 127 cm³/mol. The third kappa shape index (κ3) is 4.15. The average molecular weight is 417 g/mol. The summed E-state index contributed by atoms with van der Waals surface area (Å²) < 4.78 is 0. The van der Waals surface area contributed by atoms with Crippen LogP contribution in [0.1, 0.15) is 0 Å². The lowest BCUT2D eigenvalue weighted by molar-refractivity contribution is 0.262. The Hall–Kier alpha value is -4.58. The first-order valence-electron chi connectivity index (χ1n) is 10.1. The molecule has 0 unspecified atom stereocenters. The van der Waals surface area contributed by atoms with E-state index in [-0.39, 0.29) is 6.03 Å². The molecule has 0 fully saturated rings. The number of hydrogen-bond acceptors (Lipinski definition) is 4. The summed E-state index contributed by atoms with van der Waals surface area (Å²) in [5.41, 5.74) is 6.29. The minimum Gasteiger partial charge on any atom is -0.308 e. The maximum Gasteiger partial charge on any atom is 0.323 e. The highest BCUT2D eigenvalue weighted by atomic mass is 16.2. The summed E-state index contributed by atoms with van der Waals surface area (Å²) in [5.74, 6) is 0. The zero-order chi connectivity index (χ0) is 21.8. The lowest BCUT2D eigenvalue weighted by Crippen LogP contribution is -2.19. The monoisotopic (exact) mass is 417 g/mol. The van der Waals surface area contributed by atoms with Crippen LogP contribution in [0.3, 0.4) is 0 Å². The molecule has 0 aliphatic carbocycles. The number of hydrogen-bond donors (Lipinski definition) is 2.